The topological polar surface area (TPSA) is 124 Å². The standard InChI is InChI=1S/C35H33Cl2N5O6S/c1-5-30(43)40-24-13-21(27(46-2)15-26(24)41-18-35(19-41)6-10-49(44,45)11-7-35)23-14-25-20(17-39-23)12-22(34-38-8-9-42(25)34)31-32(36)28(47-3)16-29(48-4)33(31)37/h5,8-9,12-17H,1,6-7,10-11,18-19H2,2-4H3,(H,40,43). The zero-order valence-corrected chi connectivity index (χ0v) is 29.4. The van der Waals surface area contributed by atoms with Crippen LogP contribution in [-0.2, 0) is 14.6 Å². The lowest BCUT2D eigenvalue weighted by Gasteiger charge is -2.53. The van der Waals surface area contributed by atoms with Crippen LogP contribution in [0.25, 0.3) is 38.9 Å². The van der Waals surface area contributed by atoms with E-state index in [1.54, 1.807) is 25.6 Å². The van der Waals surface area contributed by atoms with Gasteiger partial charge >= 0.3 is 0 Å². The molecule has 49 heavy (non-hydrogen) atoms. The van der Waals surface area contributed by atoms with Crippen molar-refractivity contribution in [1.82, 2.24) is 14.4 Å². The monoisotopic (exact) mass is 721 g/mol. The lowest BCUT2D eigenvalue weighted by atomic mass is 9.74. The molecule has 1 amide bonds. The van der Waals surface area contributed by atoms with Gasteiger partial charge in [-0.2, -0.15) is 0 Å². The number of carbonyl (C=O) groups is 1. The summed E-state index contributed by atoms with van der Waals surface area (Å²) in [5.41, 5.74) is 5.14. The molecule has 0 bridgehead atoms. The molecule has 0 atom stereocenters. The Hall–Kier alpha value is -4.52. The number of methoxy groups -OCH3 is 3. The summed E-state index contributed by atoms with van der Waals surface area (Å²) in [6.45, 7) is 4.99. The zero-order chi connectivity index (χ0) is 34.7. The predicted octanol–water partition coefficient (Wildman–Crippen LogP) is 6.69. The van der Waals surface area contributed by atoms with Gasteiger partial charge in [-0.3, -0.25) is 14.2 Å². The summed E-state index contributed by atoms with van der Waals surface area (Å²) in [5, 5.41) is 4.38. The van der Waals surface area contributed by atoms with Crippen molar-refractivity contribution in [2.24, 2.45) is 5.41 Å². The van der Waals surface area contributed by atoms with Gasteiger partial charge in [0.25, 0.3) is 0 Å². The van der Waals surface area contributed by atoms with Gasteiger partial charge in [0.05, 0.1) is 65.5 Å². The number of hydrogen-bond acceptors (Lipinski definition) is 9. The number of hydrogen-bond donors (Lipinski definition) is 1. The summed E-state index contributed by atoms with van der Waals surface area (Å²) in [5.74, 6) is 1.43. The van der Waals surface area contributed by atoms with Crippen molar-refractivity contribution >= 4 is 66.9 Å². The smallest absolute Gasteiger partial charge is 0.247 e. The van der Waals surface area contributed by atoms with Crippen LogP contribution in [0, 0.1) is 5.41 Å². The van der Waals surface area contributed by atoms with E-state index in [0.29, 0.717) is 86.9 Å². The second-order valence-electron chi connectivity index (χ2n) is 12.4. The van der Waals surface area contributed by atoms with Gasteiger partial charge in [-0.25, -0.2) is 13.4 Å². The normalized spacial score (nSPS) is 16.4. The van der Waals surface area contributed by atoms with Gasteiger partial charge < -0.3 is 24.4 Å². The third-order valence-electron chi connectivity index (χ3n) is 9.51. The van der Waals surface area contributed by atoms with Crippen molar-refractivity contribution in [3.05, 3.63) is 71.6 Å². The molecule has 1 N–H and O–H groups in total. The first-order valence-electron chi connectivity index (χ1n) is 15.5. The minimum atomic E-state index is -2.98. The minimum absolute atomic E-state index is 0.0592. The summed E-state index contributed by atoms with van der Waals surface area (Å²) >= 11 is 13.6. The SMILES string of the molecule is C=CC(=O)Nc1cc(-c2cc3c(cn2)cc(-c2c(Cl)c(OC)cc(OC)c2Cl)c2nccn23)c(OC)cc1N1CC2(CCS(=O)(=O)CC2)C1. The van der Waals surface area contributed by atoms with Crippen molar-refractivity contribution in [1.29, 1.82) is 0 Å². The van der Waals surface area contributed by atoms with Crippen molar-refractivity contribution in [3.63, 3.8) is 0 Å². The number of anilines is 2. The van der Waals surface area contributed by atoms with Gasteiger partial charge in [-0.05, 0) is 37.1 Å². The number of halogens is 2. The van der Waals surface area contributed by atoms with Crippen molar-refractivity contribution in [2.75, 3.05) is 56.1 Å². The Morgan fingerprint density at radius 1 is 0.939 bits per heavy atom. The van der Waals surface area contributed by atoms with E-state index in [0.717, 1.165) is 16.6 Å². The Balaban J connectivity index is 1.32. The second-order valence-corrected chi connectivity index (χ2v) is 15.4. The van der Waals surface area contributed by atoms with Crippen LogP contribution in [0.2, 0.25) is 10.0 Å². The third kappa shape index (κ3) is 5.71. The molecule has 5 heterocycles. The molecule has 2 aliphatic rings. The van der Waals surface area contributed by atoms with Crippen LogP contribution in [0.3, 0.4) is 0 Å². The molecule has 2 fully saturated rings. The molecule has 7 rings (SSSR count). The number of fused-ring (bicyclic) bond motifs is 3. The molecule has 2 saturated heterocycles. The van der Waals surface area contributed by atoms with Crippen LogP contribution in [0.5, 0.6) is 17.2 Å². The van der Waals surface area contributed by atoms with Gasteiger partial charge in [-0.15, -0.1) is 0 Å². The Kier molecular flexibility index (Phi) is 8.36. The summed E-state index contributed by atoms with van der Waals surface area (Å²) < 4.78 is 43.0. The highest BCUT2D eigenvalue weighted by atomic mass is 35.5. The summed E-state index contributed by atoms with van der Waals surface area (Å²) in [7, 11) is 1.66. The number of sulfone groups is 1. The van der Waals surface area contributed by atoms with Crippen LogP contribution >= 0.6 is 23.2 Å². The number of imidazole rings is 1. The summed E-state index contributed by atoms with van der Waals surface area (Å²) in [6, 6.07) is 9.23. The van der Waals surface area contributed by atoms with E-state index in [2.05, 4.69) is 21.8 Å². The fraction of sp³-hybridized carbons (Fsp3) is 0.286. The number of pyridine rings is 2. The average Bonchev–Trinajstić information content (AvgIpc) is 3.58. The Morgan fingerprint density at radius 2 is 1.61 bits per heavy atom. The van der Waals surface area contributed by atoms with Gasteiger partial charge in [0, 0.05) is 71.3 Å². The van der Waals surface area contributed by atoms with Crippen LogP contribution < -0.4 is 24.4 Å². The highest BCUT2D eigenvalue weighted by Gasteiger charge is 2.47. The molecule has 3 aromatic heterocycles. The van der Waals surface area contributed by atoms with Crippen LogP contribution in [0.4, 0.5) is 11.4 Å². The Labute approximate surface area is 293 Å². The zero-order valence-electron chi connectivity index (χ0n) is 27.0. The van der Waals surface area contributed by atoms with E-state index in [9.17, 15) is 13.2 Å². The van der Waals surface area contributed by atoms with Crippen molar-refractivity contribution < 1.29 is 27.4 Å². The lowest BCUT2D eigenvalue weighted by molar-refractivity contribution is -0.111. The number of aromatic nitrogens is 3. The largest absolute Gasteiger partial charge is 0.496 e. The first kappa shape index (κ1) is 33.0. The molecule has 0 aliphatic carbocycles. The quantitative estimate of drug-likeness (QED) is 0.175. The first-order valence-corrected chi connectivity index (χ1v) is 18.1. The molecular weight excluding hydrogens is 689 g/mol. The maximum absolute atomic E-state index is 12.6. The van der Waals surface area contributed by atoms with E-state index in [1.807, 2.05) is 34.9 Å². The third-order valence-corrected chi connectivity index (χ3v) is 11.9. The number of carbonyl (C=O) groups excluding carboxylic acids is 1. The maximum atomic E-state index is 12.6. The van der Waals surface area contributed by atoms with Crippen molar-refractivity contribution in [2.45, 2.75) is 12.8 Å². The number of benzene rings is 2. The van der Waals surface area contributed by atoms with E-state index < -0.39 is 9.84 Å². The molecule has 1 spiro atoms. The molecule has 2 aliphatic heterocycles. The van der Waals surface area contributed by atoms with Crippen LogP contribution in [0.1, 0.15) is 12.8 Å². The summed E-state index contributed by atoms with van der Waals surface area (Å²) in [4.78, 5) is 24.2. The van der Waals surface area contributed by atoms with Crippen LogP contribution in [-0.4, -0.2) is 74.6 Å². The Morgan fingerprint density at radius 3 is 2.24 bits per heavy atom. The second kappa shape index (κ2) is 12.4. The average molecular weight is 723 g/mol. The number of ether oxygens (including phenoxy) is 3. The number of nitrogens with zero attached hydrogens (tertiary/aromatic N) is 4. The van der Waals surface area contributed by atoms with E-state index >= 15 is 0 Å². The van der Waals surface area contributed by atoms with Gasteiger partial charge in [-0.1, -0.05) is 29.8 Å². The molecule has 0 saturated carbocycles. The van der Waals surface area contributed by atoms with E-state index in [4.69, 9.17) is 42.4 Å². The lowest BCUT2D eigenvalue weighted by Crippen LogP contribution is -2.59. The molecule has 11 nitrogen and oxygen atoms in total. The molecule has 0 unspecified atom stereocenters. The predicted molar refractivity (Wildman–Crippen MR) is 192 cm³/mol. The number of nitrogens with one attached hydrogen (secondary N) is 1. The summed E-state index contributed by atoms with van der Waals surface area (Å²) in [6.07, 6.45) is 7.76. The fourth-order valence-electron chi connectivity index (χ4n) is 6.85. The molecular formula is C35H33Cl2N5O6S. The van der Waals surface area contributed by atoms with Gasteiger partial charge in [0.15, 0.2) is 0 Å². The highest BCUT2D eigenvalue weighted by Crippen LogP contribution is 2.49. The number of rotatable bonds is 8. The fourth-order valence-corrected chi connectivity index (χ4v) is 9.25. The van der Waals surface area contributed by atoms with Gasteiger partial charge in [0.2, 0.25) is 5.91 Å². The molecule has 254 valence electrons. The Bertz CT molecular complexity index is 2240. The van der Waals surface area contributed by atoms with Crippen LogP contribution in [0.15, 0.2) is 61.6 Å². The van der Waals surface area contributed by atoms with Crippen molar-refractivity contribution in [3.8, 4) is 39.6 Å². The molecule has 2 aromatic carbocycles. The first-order chi connectivity index (χ1) is 23.5. The van der Waals surface area contributed by atoms with E-state index in [-0.39, 0.29) is 22.8 Å². The molecule has 0 radical (unpaired) electrons. The van der Waals surface area contributed by atoms with E-state index in [1.165, 1.54) is 20.3 Å². The molecule has 5 aromatic rings. The molecule has 14 heteroatoms. The number of amides is 1. The van der Waals surface area contributed by atoms with Gasteiger partial charge in [0.1, 0.15) is 32.7 Å². The maximum Gasteiger partial charge on any atom is 0.247 e. The highest BCUT2D eigenvalue weighted by molar-refractivity contribution is 7.91. The minimum Gasteiger partial charge on any atom is -0.496 e.